The van der Waals surface area contributed by atoms with Crippen LogP contribution in [0.4, 0.5) is 0 Å². The van der Waals surface area contributed by atoms with E-state index in [2.05, 4.69) is 25.1 Å². The van der Waals surface area contributed by atoms with Crippen LogP contribution in [0.3, 0.4) is 0 Å². The summed E-state index contributed by atoms with van der Waals surface area (Å²) in [6.45, 7) is 6.86. The zero-order chi connectivity index (χ0) is 10.4. The van der Waals surface area contributed by atoms with Crippen molar-refractivity contribution in [2.45, 2.75) is 39.5 Å². The Bertz CT molecular complexity index is 190. The van der Waals surface area contributed by atoms with Gasteiger partial charge in [-0.15, -0.1) is 12.3 Å². The fourth-order valence-electron chi connectivity index (χ4n) is 2.11. The highest BCUT2D eigenvalue weighted by atomic mass is 14.9. The first-order chi connectivity index (χ1) is 6.74. The van der Waals surface area contributed by atoms with Gasteiger partial charge in [-0.05, 0) is 50.1 Å². The van der Waals surface area contributed by atoms with Crippen LogP contribution in [0.25, 0.3) is 0 Å². The normalized spacial score (nSPS) is 25.9. The Hall–Kier alpha value is -0.480. The van der Waals surface area contributed by atoms with Gasteiger partial charge in [0.2, 0.25) is 0 Å². The third-order valence-corrected chi connectivity index (χ3v) is 3.19. The van der Waals surface area contributed by atoms with Gasteiger partial charge in [0.1, 0.15) is 0 Å². The van der Waals surface area contributed by atoms with Crippen LogP contribution in [-0.4, -0.2) is 13.1 Å². The molecular weight excluding hydrogens is 170 g/mol. The summed E-state index contributed by atoms with van der Waals surface area (Å²) in [5, 5.41) is 3.54. The minimum atomic E-state index is 0.763. The van der Waals surface area contributed by atoms with Crippen LogP contribution >= 0.6 is 0 Å². The van der Waals surface area contributed by atoms with E-state index < -0.39 is 0 Å². The molecule has 0 spiro atoms. The van der Waals surface area contributed by atoms with E-state index in [0.717, 1.165) is 30.7 Å². The van der Waals surface area contributed by atoms with Crippen molar-refractivity contribution in [3.63, 3.8) is 0 Å². The molecule has 1 aliphatic rings. The fourth-order valence-corrected chi connectivity index (χ4v) is 2.11. The molecule has 0 aromatic carbocycles. The first-order valence-electron chi connectivity index (χ1n) is 5.88. The number of hydrogen-bond acceptors (Lipinski definition) is 1. The highest BCUT2D eigenvalue weighted by Gasteiger charge is 2.29. The van der Waals surface area contributed by atoms with Crippen molar-refractivity contribution in [1.29, 1.82) is 0 Å². The number of nitrogens with one attached hydrogen (secondary N) is 1. The van der Waals surface area contributed by atoms with Crippen LogP contribution in [-0.2, 0) is 0 Å². The van der Waals surface area contributed by atoms with E-state index in [0.29, 0.717) is 0 Å². The van der Waals surface area contributed by atoms with Gasteiger partial charge < -0.3 is 5.32 Å². The molecule has 1 N–H and O–H groups in total. The van der Waals surface area contributed by atoms with E-state index in [1.165, 1.54) is 25.8 Å². The van der Waals surface area contributed by atoms with Crippen LogP contribution < -0.4 is 5.32 Å². The minimum Gasteiger partial charge on any atom is -0.316 e. The molecule has 14 heavy (non-hydrogen) atoms. The van der Waals surface area contributed by atoms with Crippen molar-refractivity contribution in [2.75, 3.05) is 13.1 Å². The third-order valence-electron chi connectivity index (χ3n) is 3.19. The molecule has 0 amide bonds. The molecule has 0 aliphatic heterocycles. The van der Waals surface area contributed by atoms with Crippen LogP contribution in [0.5, 0.6) is 0 Å². The van der Waals surface area contributed by atoms with Gasteiger partial charge in [0.15, 0.2) is 0 Å². The van der Waals surface area contributed by atoms with Crippen molar-refractivity contribution in [3.05, 3.63) is 0 Å². The summed E-state index contributed by atoms with van der Waals surface area (Å²) in [4.78, 5) is 0. The predicted molar refractivity (Wildman–Crippen MR) is 62.0 cm³/mol. The van der Waals surface area contributed by atoms with Crippen LogP contribution in [0.1, 0.15) is 39.5 Å². The van der Waals surface area contributed by atoms with Crippen molar-refractivity contribution in [1.82, 2.24) is 5.32 Å². The fraction of sp³-hybridized carbons (Fsp3) is 0.846. The summed E-state index contributed by atoms with van der Waals surface area (Å²) >= 11 is 0. The van der Waals surface area contributed by atoms with Gasteiger partial charge in [-0.1, -0.05) is 13.8 Å². The molecule has 2 unspecified atom stereocenters. The number of hydrogen-bond donors (Lipinski definition) is 1. The lowest BCUT2D eigenvalue weighted by molar-refractivity contribution is 0.161. The van der Waals surface area contributed by atoms with E-state index in [9.17, 15) is 0 Å². The summed E-state index contributed by atoms with van der Waals surface area (Å²) < 4.78 is 0. The third kappa shape index (κ3) is 3.72. The molecule has 0 saturated heterocycles. The van der Waals surface area contributed by atoms with E-state index in [1.54, 1.807) is 0 Å². The molecule has 1 rings (SSSR count). The standard InChI is InChI=1S/C13H23N/c1-4-5-6-12-7-8-13(12)10-14-9-11(2)3/h1,11-14H,5-10H2,2-3H3. The van der Waals surface area contributed by atoms with Gasteiger partial charge in [0.05, 0.1) is 0 Å². The molecule has 1 aliphatic carbocycles. The first kappa shape index (κ1) is 11.6. The van der Waals surface area contributed by atoms with Crippen molar-refractivity contribution >= 4 is 0 Å². The molecule has 0 heterocycles. The molecule has 1 saturated carbocycles. The second-order valence-corrected chi connectivity index (χ2v) is 4.89. The average Bonchev–Trinajstić information content (AvgIpc) is 2.11. The second-order valence-electron chi connectivity index (χ2n) is 4.89. The Morgan fingerprint density at radius 2 is 2.07 bits per heavy atom. The molecule has 80 valence electrons. The summed E-state index contributed by atoms with van der Waals surface area (Å²) in [7, 11) is 0. The topological polar surface area (TPSA) is 12.0 Å². The zero-order valence-electron chi connectivity index (χ0n) is 9.55. The van der Waals surface area contributed by atoms with Gasteiger partial charge in [-0.25, -0.2) is 0 Å². The van der Waals surface area contributed by atoms with Gasteiger partial charge in [0.25, 0.3) is 0 Å². The zero-order valence-corrected chi connectivity index (χ0v) is 9.55. The maximum atomic E-state index is 5.28. The van der Waals surface area contributed by atoms with Crippen molar-refractivity contribution < 1.29 is 0 Å². The highest BCUT2D eigenvalue weighted by Crippen LogP contribution is 2.36. The van der Waals surface area contributed by atoms with Crippen molar-refractivity contribution in [3.8, 4) is 12.3 Å². The highest BCUT2D eigenvalue weighted by molar-refractivity contribution is 4.89. The molecule has 0 aromatic rings. The molecule has 0 radical (unpaired) electrons. The van der Waals surface area contributed by atoms with Gasteiger partial charge in [-0.3, -0.25) is 0 Å². The Morgan fingerprint density at radius 1 is 1.36 bits per heavy atom. The Morgan fingerprint density at radius 3 is 2.57 bits per heavy atom. The molecule has 2 atom stereocenters. The smallest absolute Gasteiger partial charge is 0.00888 e. The monoisotopic (exact) mass is 193 g/mol. The number of rotatable bonds is 6. The average molecular weight is 193 g/mol. The van der Waals surface area contributed by atoms with Gasteiger partial charge >= 0.3 is 0 Å². The van der Waals surface area contributed by atoms with Crippen LogP contribution in [0.2, 0.25) is 0 Å². The molecule has 1 heteroatoms. The molecule has 0 aromatic heterocycles. The maximum absolute atomic E-state index is 5.28. The predicted octanol–water partition coefficient (Wildman–Crippen LogP) is 2.67. The summed E-state index contributed by atoms with van der Waals surface area (Å²) in [6.07, 6.45) is 10.3. The SMILES string of the molecule is C#CCCC1CCC1CNCC(C)C. The summed E-state index contributed by atoms with van der Waals surface area (Å²) in [5.74, 6) is 5.32. The first-order valence-corrected chi connectivity index (χ1v) is 5.88. The van der Waals surface area contributed by atoms with Crippen LogP contribution in [0.15, 0.2) is 0 Å². The van der Waals surface area contributed by atoms with Gasteiger partial charge in [0, 0.05) is 6.42 Å². The second kappa shape index (κ2) is 6.09. The van der Waals surface area contributed by atoms with E-state index in [4.69, 9.17) is 6.42 Å². The lowest BCUT2D eigenvalue weighted by atomic mass is 9.71. The largest absolute Gasteiger partial charge is 0.316 e. The molecular formula is C13H23N. The van der Waals surface area contributed by atoms with E-state index >= 15 is 0 Å². The molecule has 0 bridgehead atoms. The van der Waals surface area contributed by atoms with Crippen molar-refractivity contribution in [2.24, 2.45) is 17.8 Å². The summed E-state index contributed by atoms with van der Waals surface area (Å²) in [6, 6.07) is 0. The lowest BCUT2D eigenvalue weighted by Crippen LogP contribution is -2.36. The lowest BCUT2D eigenvalue weighted by Gasteiger charge is -2.36. The maximum Gasteiger partial charge on any atom is 0.00888 e. The van der Waals surface area contributed by atoms with Crippen LogP contribution in [0, 0.1) is 30.1 Å². The summed E-state index contributed by atoms with van der Waals surface area (Å²) in [5.41, 5.74) is 0. The van der Waals surface area contributed by atoms with Gasteiger partial charge in [-0.2, -0.15) is 0 Å². The van der Waals surface area contributed by atoms with E-state index in [1.807, 2.05) is 0 Å². The minimum absolute atomic E-state index is 0.763. The Labute approximate surface area is 88.7 Å². The quantitative estimate of drug-likeness (QED) is 0.640. The molecule has 1 nitrogen and oxygen atoms in total. The Kier molecular flexibility index (Phi) is 5.04. The molecule has 1 fully saturated rings. The Balaban J connectivity index is 2.05. The number of terminal acetylenes is 1. The van der Waals surface area contributed by atoms with E-state index in [-0.39, 0.29) is 0 Å².